The second-order valence-electron chi connectivity index (χ2n) is 3.83. The first-order valence-electron chi connectivity index (χ1n) is 4.20. The van der Waals surface area contributed by atoms with Gasteiger partial charge in [0.2, 0.25) is 0 Å². The van der Waals surface area contributed by atoms with E-state index in [9.17, 15) is 0 Å². The van der Waals surface area contributed by atoms with E-state index in [1.807, 2.05) is 0 Å². The average molecular weight is 176 g/mol. The van der Waals surface area contributed by atoms with Gasteiger partial charge in [-0.3, -0.25) is 5.26 Å². The molecule has 1 fully saturated rings. The zero-order valence-corrected chi connectivity index (χ0v) is 7.40. The fraction of sp³-hybridized carbons (Fsp3) is 1.00. The third-order valence-electron chi connectivity index (χ3n) is 2.78. The van der Waals surface area contributed by atoms with Crippen molar-refractivity contribution < 1.29 is 20.4 Å². The molecule has 1 unspecified atom stereocenters. The highest BCUT2D eigenvalue weighted by atomic mass is 17.1. The molecule has 12 heavy (non-hydrogen) atoms. The minimum absolute atomic E-state index is 0.0832. The van der Waals surface area contributed by atoms with Gasteiger partial charge in [0.1, 0.15) is 0 Å². The molecule has 0 radical (unpaired) electrons. The zero-order valence-electron chi connectivity index (χ0n) is 7.40. The predicted molar refractivity (Wildman–Crippen MR) is 42.2 cm³/mol. The summed E-state index contributed by atoms with van der Waals surface area (Å²) in [6, 6.07) is 0. The summed E-state index contributed by atoms with van der Waals surface area (Å²) >= 11 is 0. The molecule has 0 heterocycles. The van der Waals surface area contributed by atoms with Gasteiger partial charge in [0.15, 0.2) is 5.79 Å². The first-order valence-corrected chi connectivity index (χ1v) is 4.20. The van der Waals surface area contributed by atoms with Gasteiger partial charge in [-0.1, -0.05) is 0 Å². The van der Waals surface area contributed by atoms with E-state index >= 15 is 0 Å². The third-order valence-corrected chi connectivity index (χ3v) is 2.78. The Morgan fingerprint density at radius 2 is 1.92 bits per heavy atom. The molecule has 1 aliphatic rings. The summed E-state index contributed by atoms with van der Waals surface area (Å²) in [5.41, 5.74) is 0. The van der Waals surface area contributed by atoms with Crippen molar-refractivity contribution >= 4 is 0 Å². The number of hydrogen-bond acceptors (Lipinski definition) is 4. The van der Waals surface area contributed by atoms with Crippen molar-refractivity contribution in [1.82, 2.24) is 0 Å². The standard InChI is InChI=1S/C8H16O4/c1-5(12-11)6-3-7(4-6)8(2,9)10/h5-7,9-11H,3-4H2,1-2H3. The number of aliphatic hydroxyl groups is 2. The van der Waals surface area contributed by atoms with Gasteiger partial charge in [-0.25, -0.2) is 4.89 Å². The Labute approximate surface area is 71.7 Å². The van der Waals surface area contributed by atoms with Crippen LogP contribution in [0.4, 0.5) is 0 Å². The molecule has 1 atom stereocenters. The predicted octanol–water partition coefficient (Wildman–Crippen LogP) is 0.591. The highest BCUT2D eigenvalue weighted by Gasteiger charge is 2.42. The van der Waals surface area contributed by atoms with Crippen LogP contribution in [0.5, 0.6) is 0 Å². The molecule has 72 valence electrons. The van der Waals surface area contributed by atoms with Gasteiger partial charge in [-0.2, -0.15) is 0 Å². The van der Waals surface area contributed by atoms with Crippen molar-refractivity contribution in [2.45, 2.75) is 38.6 Å². The maximum absolute atomic E-state index is 9.16. The molecule has 4 heteroatoms. The lowest BCUT2D eigenvalue weighted by Crippen LogP contribution is -2.45. The average Bonchev–Trinajstić information content (AvgIpc) is 1.80. The summed E-state index contributed by atoms with van der Waals surface area (Å²) in [5, 5.41) is 26.7. The molecule has 1 aliphatic carbocycles. The molecule has 0 bridgehead atoms. The van der Waals surface area contributed by atoms with Gasteiger partial charge in [0, 0.05) is 5.92 Å². The van der Waals surface area contributed by atoms with Crippen LogP contribution >= 0.6 is 0 Å². The van der Waals surface area contributed by atoms with E-state index < -0.39 is 5.79 Å². The van der Waals surface area contributed by atoms with Crippen molar-refractivity contribution in [3.63, 3.8) is 0 Å². The minimum atomic E-state index is -1.58. The van der Waals surface area contributed by atoms with Crippen LogP contribution in [0, 0.1) is 11.8 Å². The molecule has 0 aromatic rings. The van der Waals surface area contributed by atoms with Gasteiger partial charge in [0.25, 0.3) is 0 Å². The molecule has 0 aliphatic heterocycles. The van der Waals surface area contributed by atoms with E-state index in [4.69, 9.17) is 15.5 Å². The van der Waals surface area contributed by atoms with Crippen LogP contribution in [-0.2, 0) is 4.89 Å². The van der Waals surface area contributed by atoms with E-state index in [0.29, 0.717) is 12.8 Å². The van der Waals surface area contributed by atoms with Crippen LogP contribution in [0.1, 0.15) is 26.7 Å². The van der Waals surface area contributed by atoms with Crippen LogP contribution in [0.2, 0.25) is 0 Å². The normalized spacial score (nSPS) is 32.8. The van der Waals surface area contributed by atoms with Crippen LogP contribution < -0.4 is 0 Å². The lowest BCUT2D eigenvalue weighted by Gasteiger charge is -2.42. The van der Waals surface area contributed by atoms with E-state index in [1.54, 1.807) is 6.92 Å². The van der Waals surface area contributed by atoms with E-state index in [2.05, 4.69) is 4.89 Å². The molecular weight excluding hydrogens is 160 g/mol. The summed E-state index contributed by atoms with van der Waals surface area (Å²) in [7, 11) is 0. The Kier molecular flexibility index (Phi) is 2.73. The van der Waals surface area contributed by atoms with E-state index in [1.165, 1.54) is 6.92 Å². The Morgan fingerprint density at radius 1 is 1.42 bits per heavy atom. The lowest BCUT2D eigenvalue weighted by atomic mass is 9.69. The maximum Gasteiger partial charge on any atom is 0.162 e. The van der Waals surface area contributed by atoms with Crippen molar-refractivity contribution in [3.05, 3.63) is 0 Å². The Bertz CT molecular complexity index is 146. The summed E-state index contributed by atoms with van der Waals surface area (Å²) in [4.78, 5) is 4.15. The lowest BCUT2D eigenvalue weighted by molar-refractivity contribution is -0.302. The molecule has 0 saturated heterocycles. The highest BCUT2D eigenvalue weighted by Crippen LogP contribution is 2.42. The van der Waals surface area contributed by atoms with Gasteiger partial charge in [0.05, 0.1) is 6.10 Å². The van der Waals surface area contributed by atoms with Gasteiger partial charge in [-0.15, -0.1) is 0 Å². The van der Waals surface area contributed by atoms with Gasteiger partial charge < -0.3 is 10.2 Å². The highest BCUT2D eigenvalue weighted by molar-refractivity contribution is 4.88. The summed E-state index contributed by atoms with van der Waals surface area (Å²) in [5.74, 6) is -1.41. The third kappa shape index (κ3) is 1.95. The number of hydrogen-bond donors (Lipinski definition) is 3. The largest absolute Gasteiger partial charge is 0.366 e. The molecule has 1 saturated carbocycles. The van der Waals surface area contributed by atoms with Crippen molar-refractivity contribution in [2.75, 3.05) is 0 Å². The first-order chi connectivity index (χ1) is 5.45. The Hall–Kier alpha value is -0.160. The van der Waals surface area contributed by atoms with Crippen LogP contribution in [0.15, 0.2) is 0 Å². The number of rotatable bonds is 3. The molecule has 0 amide bonds. The minimum Gasteiger partial charge on any atom is -0.366 e. The smallest absolute Gasteiger partial charge is 0.162 e. The Balaban J connectivity index is 2.29. The summed E-state index contributed by atoms with van der Waals surface area (Å²) in [6.07, 6.45) is 1.19. The monoisotopic (exact) mass is 176 g/mol. The Morgan fingerprint density at radius 3 is 2.25 bits per heavy atom. The molecule has 3 N–H and O–H groups in total. The van der Waals surface area contributed by atoms with Crippen LogP contribution in [0.3, 0.4) is 0 Å². The summed E-state index contributed by atoms with van der Waals surface area (Å²) < 4.78 is 0. The second kappa shape index (κ2) is 3.30. The SMILES string of the molecule is CC(OO)C1CC(C(C)(O)O)C1. The van der Waals surface area contributed by atoms with Gasteiger partial charge >= 0.3 is 0 Å². The molecule has 0 aromatic carbocycles. The maximum atomic E-state index is 9.16. The van der Waals surface area contributed by atoms with E-state index in [-0.39, 0.29) is 17.9 Å². The second-order valence-corrected chi connectivity index (χ2v) is 3.83. The van der Waals surface area contributed by atoms with Crippen molar-refractivity contribution in [3.8, 4) is 0 Å². The zero-order chi connectivity index (χ0) is 9.35. The van der Waals surface area contributed by atoms with Crippen LogP contribution in [0.25, 0.3) is 0 Å². The molecule has 0 spiro atoms. The topological polar surface area (TPSA) is 69.9 Å². The summed E-state index contributed by atoms with van der Waals surface area (Å²) in [6.45, 7) is 3.16. The molecular formula is C8H16O4. The molecule has 4 nitrogen and oxygen atoms in total. The fourth-order valence-electron chi connectivity index (χ4n) is 1.58. The van der Waals surface area contributed by atoms with Crippen molar-refractivity contribution in [1.29, 1.82) is 0 Å². The van der Waals surface area contributed by atoms with Gasteiger partial charge in [-0.05, 0) is 32.6 Å². The fourth-order valence-corrected chi connectivity index (χ4v) is 1.58. The quantitative estimate of drug-likeness (QED) is 0.334. The van der Waals surface area contributed by atoms with Crippen molar-refractivity contribution in [2.24, 2.45) is 11.8 Å². The molecule has 0 aromatic heterocycles. The first kappa shape index (κ1) is 9.92. The van der Waals surface area contributed by atoms with Crippen LogP contribution in [-0.4, -0.2) is 27.4 Å². The van der Waals surface area contributed by atoms with E-state index in [0.717, 1.165) is 0 Å². The molecule has 1 rings (SSSR count).